The van der Waals surface area contributed by atoms with Crippen LogP contribution in [0.3, 0.4) is 0 Å². The lowest BCUT2D eigenvalue weighted by Crippen LogP contribution is -2.40. The molecule has 1 aromatic carbocycles. The summed E-state index contributed by atoms with van der Waals surface area (Å²) >= 11 is 0. The normalized spacial score (nSPS) is 22.3. The molecule has 0 aliphatic carbocycles. The number of nitrogens with zero attached hydrogens (tertiary/aromatic N) is 4. The second kappa shape index (κ2) is 8.77. The maximum Gasteiger partial charge on any atom is 0.417 e. The molecular weight excluding hydrogens is 376 g/mol. The van der Waals surface area contributed by atoms with Crippen molar-refractivity contribution in [3.8, 4) is 0 Å². The molecule has 0 radical (unpaired) electrons. The molecule has 0 aromatic heterocycles. The third-order valence-electron chi connectivity index (χ3n) is 5.33. The third kappa shape index (κ3) is 5.23. The molecule has 2 aliphatic rings. The number of rotatable bonds is 6. The first-order valence-electron chi connectivity index (χ1n) is 9.92. The fourth-order valence-corrected chi connectivity index (χ4v) is 3.97. The van der Waals surface area contributed by atoms with E-state index < -0.39 is 11.1 Å². The summed E-state index contributed by atoms with van der Waals surface area (Å²) in [6, 6.07) is 7.74. The lowest BCUT2D eigenvalue weighted by Gasteiger charge is -2.22. The number of hydrogen-bond acceptors (Lipinski definition) is 5. The summed E-state index contributed by atoms with van der Waals surface area (Å²) in [5.74, 6) is 0.267. The van der Waals surface area contributed by atoms with Crippen LogP contribution in [0.2, 0.25) is 0 Å². The summed E-state index contributed by atoms with van der Waals surface area (Å²) < 4.78 is 11.2. The zero-order valence-electron chi connectivity index (χ0n) is 17.2. The van der Waals surface area contributed by atoms with Crippen LogP contribution in [0.25, 0.3) is 0 Å². The third-order valence-corrected chi connectivity index (χ3v) is 5.33. The molecule has 0 bridgehead atoms. The van der Waals surface area contributed by atoms with Crippen LogP contribution < -0.4 is 0 Å². The maximum atomic E-state index is 12.6. The molecule has 2 aliphatic heterocycles. The molecule has 9 nitrogen and oxygen atoms in total. The second-order valence-corrected chi connectivity index (χ2v) is 8.05. The van der Waals surface area contributed by atoms with Crippen molar-refractivity contribution in [1.82, 2.24) is 9.80 Å². The van der Waals surface area contributed by atoms with Crippen molar-refractivity contribution in [1.29, 1.82) is 0 Å². The van der Waals surface area contributed by atoms with Crippen LogP contribution >= 0.6 is 0 Å². The van der Waals surface area contributed by atoms with Crippen molar-refractivity contribution in [2.75, 3.05) is 26.2 Å². The van der Waals surface area contributed by atoms with Gasteiger partial charge in [-0.1, -0.05) is 31.2 Å². The molecule has 9 heteroatoms. The minimum atomic E-state index is -0.768. The Morgan fingerprint density at radius 2 is 2.07 bits per heavy atom. The number of hydrogen-bond donors (Lipinski definition) is 0. The van der Waals surface area contributed by atoms with E-state index in [1.807, 2.05) is 45.0 Å². The lowest BCUT2D eigenvalue weighted by molar-refractivity contribution is -0.486. The van der Waals surface area contributed by atoms with Crippen LogP contribution in [0.1, 0.15) is 38.3 Å². The molecule has 158 valence electrons. The van der Waals surface area contributed by atoms with Gasteiger partial charge in [-0.2, -0.15) is 0 Å². The summed E-state index contributed by atoms with van der Waals surface area (Å²) in [7, 11) is 0. The van der Waals surface area contributed by atoms with Crippen molar-refractivity contribution in [3.63, 3.8) is 0 Å². The topological polar surface area (TPSA) is 97.5 Å². The van der Waals surface area contributed by atoms with Crippen molar-refractivity contribution in [3.05, 3.63) is 45.5 Å². The van der Waals surface area contributed by atoms with Gasteiger partial charge < -0.3 is 14.4 Å². The number of ether oxygens (including phenoxy) is 2. The zero-order chi connectivity index (χ0) is 21.0. The van der Waals surface area contributed by atoms with Gasteiger partial charge in [0, 0.05) is 19.0 Å². The SMILES string of the molecule is CCc1ccccc1COC(=O)N1CCN(CC2COC(C)(C)C2)C1=N[N+](=O)[O-]. The average Bonchev–Trinajstić information content (AvgIpc) is 3.22. The molecule has 29 heavy (non-hydrogen) atoms. The quantitative estimate of drug-likeness (QED) is 0.534. The number of guanidine groups is 1. The Balaban J connectivity index is 1.66. The van der Waals surface area contributed by atoms with E-state index in [1.165, 1.54) is 4.90 Å². The van der Waals surface area contributed by atoms with E-state index in [-0.39, 0.29) is 24.1 Å². The summed E-state index contributed by atoms with van der Waals surface area (Å²) in [5.41, 5.74) is 1.83. The minimum absolute atomic E-state index is 0.0356. The van der Waals surface area contributed by atoms with Crippen molar-refractivity contribution in [2.45, 2.75) is 45.8 Å². The van der Waals surface area contributed by atoms with Gasteiger partial charge in [-0.05, 0) is 37.8 Å². The zero-order valence-corrected chi connectivity index (χ0v) is 17.2. The van der Waals surface area contributed by atoms with Crippen molar-refractivity contribution in [2.24, 2.45) is 11.0 Å². The van der Waals surface area contributed by atoms with Gasteiger partial charge in [0.25, 0.3) is 5.96 Å². The molecule has 2 heterocycles. The Labute approximate surface area is 170 Å². The first-order valence-corrected chi connectivity index (χ1v) is 9.92. The van der Waals surface area contributed by atoms with Gasteiger partial charge in [0.2, 0.25) is 0 Å². The smallest absolute Gasteiger partial charge is 0.417 e. The molecule has 1 unspecified atom stereocenters. The van der Waals surface area contributed by atoms with Gasteiger partial charge in [-0.3, -0.25) is 0 Å². The number of benzene rings is 1. The minimum Gasteiger partial charge on any atom is -0.444 e. The highest BCUT2D eigenvalue weighted by atomic mass is 16.7. The van der Waals surface area contributed by atoms with Crippen LogP contribution in [0.15, 0.2) is 29.4 Å². The number of nitro groups is 1. The molecular formula is C20H28N4O5. The highest BCUT2D eigenvalue weighted by molar-refractivity contribution is 5.95. The van der Waals surface area contributed by atoms with E-state index in [0.29, 0.717) is 26.2 Å². The molecule has 1 atom stereocenters. The van der Waals surface area contributed by atoms with E-state index in [9.17, 15) is 14.9 Å². The predicted octanol–water partition coefficient (Wildman–Crippen LogP) is 2.87. The van der Waals surface area contributed by atoms with E-state index in [4.69, 9.17) is 9.47 Å². The summed E-state index contributed by atoms with van der Waals surface area (Å²) in [6.45, 7) is 8.14. The molecule has 3 rings (SSSR count). The van der Waals surface area contributed by atoms with Crippen LogP contribution in [0.4, 0.5) is 4.79 Å². The Kier molecular flexibility index (Phi) is 6.36. The van der Waals surface area contributed by atoms with E-state index in [2.05, 4.69) is 5.10 Å². The molecule has 2 fully saturated rings. The number of carbonyl (C=O) groups excluding carboxylic acids is 1. The van der Waals surface area contributed by atoms with Crippen LogP contribution in [0, 0.1) is 16.0 Å². The van der Waals surface area contributed by atoms with E-state index >= 15 is 0 Å². The summed E-state index contributed by atoms with van der Waals surface area (Å²) in [4.78, 5) is 26.7. The Hall–Kier alpha value is -2.68. The lowest BCUT2D eigenvalue weighted by atomic mass is 9.97. The van der Waals surface area contributed by atoms with Crippen molar-refractivity contribution >= 4 is 12.1 Å². The number of hydrazone groups is 1. The van der Waals surface area contributed by atoms with Gasteiger partial charge in [-0.25, -0.2) is 19.8 Å². The maximum absolute atomic E-state index is 12.6. The molecule has 1 amide bonds. The Morgan fingerprint density at radius 3 is 2.69 bits per heavy atom. The average molecular weight is 404 g/mol. The van der Waals surface area contributed by atoms with Crippen molar-refractivity contribution < 1.29 is 19.3 Å². The first-order chi connectivity index (χ1) is 13.8. The Bertz CT molecular complexity index is 795. The molecule has 0 saturated carbocycles. The summed E-state index contributed by atoms with van der Waals surface area (Å²) in [6.07, 6.45) is 1.06. The van der Waals surface area contributed by atoms with Gasteiger partial charge in [0.1, 0.15) is 11.7 Å². The predicted molar refractivity (Wildman–Crippen MR) is 107 cm³/mol. The number of carbonyl (C=O) groups is 1. The fourth-order valence-electron chi connectivity index (χ4n) is 3.97. The fraction of sp³-hybridized carbons (Fsp3) is 0.600. The highest BCUT2D eigenvalue weighted by Crippen LogP contribution is 2.30. The standard InChI is InChI=1S/C20H28N4O5/c1-4-16-7-5-6-8-17(16)14-28-19(25)23-10-9-22(18(23)21-24(26)27)12-15-11-20(2,3)29-13-15/h5-8,15H,4,9-14H2,1-3H3. The molecule has 0 spiro atoms. The van der Waals surface area contributed by atoms with E-state index in [0.717, 1.165) is 24.0 Å². The van der Waals surface area contributed by atoms with Gasteiger partial charge in [0.15, 0.2) is 5.03 Å². The first kappa shape index (κ1) is 21.0. The Morgan fingerprint density at radius 1 is 1.34 bits per heavy atom. The van der Waals surface area contributed by atoms with Gasteiger partial charge in [0.05, 0.1) is 18.8 Å². The summed E-state index contributed by atoms with van der Waals surface area (Å²) in [5, 5.41) is 13.8. The largest absolute Gasteiger partial charge is 0.444 e. The van der Waals surface area contributed by atoms with Gasteiger partial charge in [-0.15, -0.1) is 0 Å². The van der Waals surface area contributed by atoms with E-state index in [1.54, 1.807) is 4.90 Å². The molecule has 2 saturated heterocycles. The van der Waals surface area contributed by atoms with Crippen LogP contribution in [-0.4, -0.2) is 58.7 Å². The van der Waals surface area contributed by atoms with Crippen LogP contribution in [-0.2, 0) is 22.5 Å². The molecule has 0 N–H and O–H groups in total. The molecule has 1 aromatic rings. The number of aryl methyl sites for hydroxylation is 1. The number of amides is 1. The monoisotopic (exact) mass is 404 g/mol. The second-order valence-electron chi connectivity index (χ2n) is 8.05. The van der Waals surface area contributed by atoms with Gasteiger partial charge >= 0.3 is 6.09 Å². The highest BCUT2D eigenvalue weighted by Gasteiger charge is 2.39. The van der Waals surface area contributed by atoms with Crippen LogP contribution in [0.5, 0.6) is 0 Å².